The molecule has 2 heterocycles. The van der Waals surface area contributed by atoms with Crippen LogP contribution < -0.4 is 14.9 Å². The standard InChI is InChI=1S/C30H26O13/c31-13-24-27(37)28(38)29(39)30(43-24)41-17-10-20(34)26-21(35)12-22(42-23(26)11-17)15-3-5-16(6-4-15)40-25(36)8-2-14-1-7-18(32)19(33)9-14/h1-12,24,27-34,37-39H,13H2. The topological polar surface area (TPSA) is 217 Å². The molecule has 1 aromatic heterocycles. The van der Waals surface area contributed by atoms with Gasteiger partial charge >= 0.3 is 5.97 Å². The summed E-state index contributed by atoms with van der Waals surface area (Å²) in [5.41, 5.74) is 0.229. The molecule has 0 aliphatic carbocycles. The summed E-state index contributed by atoms with van der Waals surface area (Å²) in [7, 11) is 0. The molecule has 3 aromatic carbocycles. The number of hydrogen-bond acceptors (Lipinski definition) is 13. The molecule has 224 valence electrons. The van der Waals surface area contributed by atoms with Gasteiger partial charge in [-0.25, -0.2) is 4.79 Å². The van der Waals surface area contributed by atoms with Crippen LogP contribution in [0.4, 0.5) is 0 Å². The third-order valence-electron chi connectivity index (χ3n) is 6.65. The molecule has 1 fully saturated rings. The first-order valence-corrected chi connectivity index (χ1v) is 12.8. The molecule has 1 aliphatic heterocycles. The molecular formula is C30H26O13. The smallest absolute Gasteiger partial charge is 0.336 e. The van der Waals surface area contributed by atoms with Gasteiger partial charge in [-0.3, -0.25) is 4.79 Å². The minimum atomic E-state index is -1.70. The number of carbonyl (C=O) groups is 1. The zero-order valence-corrected chi connectivity index (χ0v) is 22.1. The number of aromatic hydroxyl groups is 3. The number of aliphatic hydroxyl groups is 4. The predicted molar refractivity (Wildman–Crippen MR) is 148 cm³/mol. The lowest BCUT2D eigenvalue weighted by Crippen LogP contribution is -2.60. The van der Waals surface area contributed by atoms with Crippen molar-refractivity contribution in [1.82, 2.24) is 0 Å². The van der Waals surface area contributed by atoms with Gasteiger partial charge in [0.05, 0.1) is 6.61 Å². The molecule has 0 spiro atoms. The second kappa shape index (κ2) is 12.1. The minimum absolute atomic E-state index is 0.0806. The van der Waals surface area contributed by atoms with Gasteiger partial charge in [-0.2, -0.15) is 0 Å². The van der Waals surface area contributed by atoms with Gasteiger partial charge in [0.15, 0.2) is 16.9 Å². The Morgan fingerprint density at radius 3 is 2.28 bits per heavy atom. The maximum atomic E-state index is 12.8. The number of esters is 1. The van der Waals surface area contributed by atoms with E-state index in [2.05, 4.69) is 0 Å². The van der Waals surface area contributed by atoms with Crippen LogP contribution in [-0.2, 0) is 9.53 Å². The molecule has 5 atom stereocenters. The van der Waals surface area contributed by atoms with Crippen LogP contribution >= 0.6 is 0 Å². The molecule has 0 bridgehead atoms. The molecule has 1 saturated heterocycles. The molecular weight excluding hydrogens is 568 g/mol. The van der Waals surface area contributed by atoms with Crippen LogP contribution in [0.25, 0.3) is 28.4 Å². The third kappa shape index (κ3) is 6.30. The highest BCUT2D eigenvalue weighted by Crippen LogP contribution is 2.33. The number of phenolic OH excluding ortho intramolecular Hbond substituents is 3. The number of carbonyl (C=O) groups excluding carboxylic acids is 1. The van der Waals surface area contributed by atoms with Crippen LogP contribution in [-0.4, -0.2) is 79.0 Å². The number of phenols is 3. The highest BCUT2D eigenvalue weighted by atomic mass is 16.7. The molecule has 13 heteroatoms. The number of hydrogen-bond donors (Lipinski definition) is 7. The van der Waals surface area contributed by atoms with E-state index in [1.165, 1.54) is 54.6 Å². The summed E-state index contributed by atoms with van der Waals surface area (Å²) in [5, 5.41) is 68.9. The Bertz CT molecular complexity index is 1730. The normalized spacial score (nSPS) is 22.1. The summed E-state index contributed by atoms with van der Waals surface area (Å²) in [6.45, 7) is -0.661. The van der Waals surface area contributed by atoms with Crippen LogP contribution in [0, 0.1) is 0 Å². The lowest BCUT2D eigenvalue weighted by atomic mass is 9.99. The van der Waals surface area contributed by atoms with Crippen LogP contribution in [0.3, 0.4) is 0 Å². The van der Waals surface area contributed by atoms with Crippen molar-refractivity contribution in [3.63, 3.8) is 0 Å². The summed E-state index contributed by atoms with van der Waals surface area (Å²) < 4.78 is 22.0. The van der Waals surface area contributed by atoms with E-state index in [9.17, 15) is 45.3 Å². The molecule has 1 aliphatic rings. The van der Waals surface area contributed by atoms with Gasteiger partial charge in [0.2, 0.25) is 6.29 Å². The van der Waals surface area contributed by atoms with Gasteiger partial charge in [-0.15, -0.1) is 0 Å². The van der Waals surface area contributed by atoms with Gasteiger partial charge < -0.3 is 54.4 Å². The summed E-state index contributed by atoms with van der Waals surface area (Å²) in [4.78, 5) is 25.0. The minimum Gasteiger partial charge on any atom is -0.507 e. The molecule has 0 radical (unpaired) electrons. The van der Waals surface area contributed by atoms with Gasteiger partial charge in [0.1, 0.15) is 58.4 Å². The van der Waals surface area contributed by atoms with Gasteiger partial charge in [-0.05, 0) is 48.0 Å². The fraction of sp³-hybridized carbons (Fsp3) is 0.200. The van der Waals surface area contributed by atoms with Gasteiger partial charge in [0, 0.05) is 29.8 Å². The molecule has 0 amide bonds. The van der Waals surface area contributed by atoms with Crippen molar-refractivity contribution in [2.75, 3.05) is 6.61 Å². The lowest BCUT2D eigenvalue weighted by molar-refractivity contribution is -0.277. The van der Waals surface area contributed by atoms with Gasteiger partial charge in [-0.1, -0.05) is 6.07 Å². The Kier molecular flexibility index (Phi) is 8.34. The first-order valence-electron chi connectivity index (χ1n) is 12.8. The molecule has 7 N–H and O–H groups in total. The zero-order chi connectivity index (χ0) is 30.8. The average Bonchev–Trinajstić information content (AvgIpc) is 2.98. The summed E-state index contributed by atoms with van der Waals surface area (Å²) in [6.07, 6.45) is -5.17. The number of rotatable bonds is 7. The highest BCUT2D eigenvalue weighted by Gasteiger charge is 2.44. The first kappa shape index (κ1) is 29.6. The van der Waals surface area contributed by atoms with Crippen molar-refractivity contribution < 1.29 is 59.2 Å². The summed E-state index contributed by atoms with van der Waals surface area (Å²) in [6, 6.07) is 13.5. The third-order valence-corrected chi connectivity index (χ3v) is 6.65. The lowest BCUT2D eigenvalue weighted by Gasteiger charge is -2.39. The van der Waals surface area contributed by atoms with E-state index in [0.29, 0.717) is 11.1 Å². The van der Waals surface area contributed by atoms with E-state index in [-0.39, 0.29) is 39.7 Å². The van der Waals surface area contributed by atoms with E-state index in [0.717, 1.165) is 18.2 Å². The average molecular weight is 595 g/mol. The molecule has 4 aromatic rings. The number of fused-ring (bicyclic) bond motifs is 1. The van der Waals surface area contributed by atoms with E-state index in [4.69, 9.17) is 18.6 Å². The molecule has 0 saturated carbocycles. The second-order valence-corrected chi connectivity index (χ2v) is 9.63. The maximum Gasteiger partial charge on any atom is 0.336 e. The Morgan fingerprint density at radius 1 is 0.837 bits per heavy atom. The Balaban J connectivity index is 1.33. The van der Waals surface area contributed by atoms with Crippen molar-refractivity contribution in [3.05, 3.63) is 82.5 Å². The van der Waals surface area contributed by atoms with Crippen molar-refractivity contribution in [1.29, 1.82) is 0 Å². The fourth-order valence-corrected chi connectivity index (χ4v) is 4.40. The maximum absolute atomic E-state index is 12.8. The molecule has 13 nitrogen and oxygen atoms in total. The highest BCUT2D eigenvalue weighted by molar-refractivity contribution is 5.89. The quantitative estimate of drug-likeness (QED) is 0.0697. The largest absolute Gasteiger partial charge is 0.507 e. The molecule has 5 rings (SSSR count). The van der Waals surface area contributed by atoms with Crippen molar-refractivity contribution in [3.8, 4) is 40.1 Å². The number of ether oxygens (including phenoxy) is 3. The zero-order valence-electron chi connectivity index (χ0n) is 22.1. The van der Waals surface area contributed by atoms with Crippen molar-refractivity contribution in [2.45, 2.75) is 30.7 Å². The van der Waals surface area contributed by atoms with Crippen molar-refractivity contribution in [2.24, 2.45) is 0 Å². The van der Waals surface area contributed by atoms with Gasteiger partial charge in [0.25, 0.3) is 0 Å². The second-order valence-electron chi connectivity index (χ2n) is 9.63. The van der Waals surface area contributed by atoms with Crippen LogP contribution in [0.5, 0.6) is 28.7 Å². The predicted octanol–water partition coefficient (Wildman–Crippen LogP) is 1.37. The van der Waals surface area contributed by atoms with E-state index in [1.54, 1.807) is 0 Å². The van der Waals surface area contributed by atoms with Crippen LogP contribution in [0.15, 0.2) is 76.0 Å². The molecule has 43 heavy (non-hydrogen) atoms. The first-order chi connectivity index (χ1) is 20.5. The fourth-order valence-electron chi connectivity index (χ4n) is 4.40. The van der Waals surface area contributed by atoms with E-state index >= 15 is 0 Å². The summed E-state index contributed by atoms with van der Waals surface area (Å²) in [5.74, 6) is -1.64. The van der Waals surface area contributed by atoms with E-state index < -0.39 is 54.5 Å². The van der Waals surface area contributed by atoms with Crippen LogP contribution in [0.2, 0.25) is 0 Å². The van der Waals surface area contributed by atoms with Crippen LogP contribution in [0.1, 0.15) is 5.56 Å². The van der Waals surface area contributed by atoms with Crippen molar-refractivity contribution >= 4 is 23.0 Å². The Morgan fingerprint density at radius 2 is 1.58 bits per heavy atom. The monoisotopic (exact) mass is 594 g/mol. The number of benzene rings is 3. The number of aliphatic hydroxyl groups excluding tert-OH is 4. The molecule has 5 unspecified atom stereocenters. The Hall–Kier alpha value is -4.92. The summed E-state index contributed by atoms with van der Waals surface area (Å²) >= 11 is 0. The Labute approximate surface area is 242 Å². The van der Waals surface area contributed by atoms with E-state index in [1.807, 2.05) is 0 Å². The SMILES string of the molecule is O=C(C=Cc1ccc(O)c(O)c1)Oc1ccc(-c2cc(=O)c3c(O)cc(OC4OC(CO)C(O)C(O)C4O)cc3o2)cc1.